The van der Waals surface area contributed by atoms with Crippen molar-refractivity contribution < 1.29 is 20.1 Å². The van der Waals surface area contributed by atoms with E-state index in [0.29, 0.717) is 11.8 Å². The van der Waals surface area contributed by atoms with E-state index in [0.717, 1.165) is 33.7 Å². The first-order valence-electron chi connectivity index (χ1n) is 19.8. The Hall–Kier alpha value is -6.19. The average Bonchev–Trinajstić information content (AvgIpc) is 3.67. The molecule has 0 N–H and O–H groups in total. The molecule has 3 nitrogen and oxygen atoms in total. The minimum atomic E-state index is 0. The number of fused-ring (bicyclic) bond motifs is 6. The molecule has 8 aromatic carbocycles. The standard InChI is InChI=1S/C43H35N2.C11H8N.Ir/c1-27(2)38-25-34(29-12-6-5-7-13-29)26-39(28(3)4)42(38)45-40-23-21-31-15-9-11-17-37(31)41(40)44-43(45)33-20-22-36-32(24-33)19-18-30-14-8-10-16-35(30)36;1-2-6-10(7-3-1)11-8-4-5-9-12-11;/h5-19,21-28H,1-4H3;1-6,8-9H;/q2*-1;. The zero-order valence-corrected chi connectivity index (χ0v) is 35.5. The van der Waals surface area contributed by atoms with Crippen LogP contribution in [0.4, 0.5) is 0 Å². The van der Waals surface area contributed by atoms with Crippen LogP contribution in [0.3, 0.4) is 0 Å². The third-order valence-electron chi connectivity index (χ3n) is 10.9. The second kappa shape index (κ2) is 16.7. The molecule has 10 rings (SSSR count). The van der Waals surface area contributed by atoms with E-state index in [-0.39, 0.29) is 20.1 Å². The zero-order chi connectivity index (χ0) is 38.9. The van der Waals surface area contributed by atoms with Crippen molar-refractivity contribution in [3.8, 4) is 39.5 Å². The Balaban J connectivity index is 0.000000309. The molecule has 2 heterocycles. The number of hydrogen-bond donors (Lipinski definition) is 0. The summed E-state index contributed by atoms with van der Waals surface area (Å²) in [4.78, 5) is 9.69. The van der Waals surface area contributed by atoms with Crippen LogP contribution in [0, 0.1) is 12.1 Å². The topological polar surface area (TPSA) is 30.7 Å². The van der Waals surface area contributed by atoms with Crippen LogP contribution in [0.25, 0.3) is 82.8 Å². The summed E-state index contributed by atoms with van der Waals surface area (Å²) in [5, 5.41) is 7.26. The van der Waals surface area contributed by atoms with Gasteiger partial charge >= 0.3 is 0 Å². The summed E-state index contributed by atoms with van der Waals surface area (Å²) in [7, 11) is 0. The summed E-state index contributed by atoms with van der Waals surface area (Å²) in [6, 6.07) is 66.6. The average molecular weight is 926 g/mol. The molecule has 0 saturated heterocycles. The molecule has 2 aromatic heterocycles. The van der Waals surface area contributed by atoms with Gasteiger partial charge in [-0.25, -0.2) is 0 Å². The molecular weight excluding hydrogens is 883 g/mol. The first kappa shape index (κ1) is 38.7. The molecule has 4 heteroatoms. The predicted octanol–water partition coefficient (Wildman–Crippen LogP) is 14.4. The molecule has 285 valence electrons. The van der Waals surface area contributed by atoms with Crippen molar-refractivity contribution in [1.29, 1.82) is 0 Å². The molecule has 0 aliphatic heterocycles. The molecule has 0 saturated carbocycles. The monoisotopic (exact) mass is 926 g/mol. The molecule has 0 aliphatic carbocycles. The Morgan fingerprint density at radius 1 is 0.517 bits per heavy atom. The van der Waals surface area contributed by atoms with Gasteiger partial charge in [-0.1, -0.05) is 148 Å². The summed E-state index contributed by atoms with van der Waals surface area (Å²) < 4.78 is 2.43. The van der Waals surface area contributed by atoms with Crippen LogP contribution < -0.4 is 0 Å². The molecule has 0 aliphatic rings. The van der Waals surface area contributed by atoms with Crippen molar-refractivity contribution in [1.82, 2.24) is 14.5 Å². The summed E-state index contributed by atoms with van der Waals surface area (Å²) in [6.45, 7) is 9.22. The van der Waals surface area contributed by atoms with Crippen LogP contribution in [0.5, 0.6) is 0 Å². The van der Waals surface area contributed by atoms with Gasteiger partial charge in [-0.05, 0) is 74.8 Å². The summed E-state index contributed by atoms with van der Waals surface area (Å²) in [6.07, 6.45) is 1.79. The van der Waals surface area contributed by atoms with Crippen LogP contribution in [0.2, 0.25) is 0 Å². The van der Waals surface area contributed by atoms with Gasteiger partial charge in [-0.3, -0.25) is 4.98 Å². The van der Waals surface area contributed by atoms with E-state index in [1.807, 2.05) is 42.5 Å². The first-order chi connectivity index (χ1) is 27.9. The van der Waals surface area contributed by atoms with Gasteiger partial charge < -0.3 is 9.55 Å². The van der Waals surface area contributed by atoms with Crippen LogP contribution in [-0.2, 0) is 20.1 Å². The maximum atomic E-state index is 5.47. The molecule has 0 unspecified atom stereocenters. The Morgan fingerprint density at radius 3 is 1.84 bits per heavy atom. The Labute approximate surface area is 354 Å². The quantitative estimate of drug-likeness (QED) is 0.123. The van der Waals surface area contributed by atoms with Crippen molar-refractivity contribution in [3.05, 3.63) is 199 Å². The summed E-state index contributed by atoms with van der Waals surface area (Å²) >= 11 is 0. The van der Waals surface area contributed by atoms with Crippen molar-refractivity contribution in [2.45, 2.75) is 39.5 Å². The van der Waals surface area contributed by atoms with Crippen molar-refractivity contribution in [2.75, 3.05) is 0 Å². The van der Waals surface area contributed by atoms with Gasteiger partial charge in [0, 0.05) is 37.4 Å². The van der Waals surface area contributed by atoms with E-state index in [1.54, 1.807) is 6.20 Å². The number of pyridine rings is 1. The van der Waals surface area contributed by atoms with E-state index in [9.17, 15) is 0 Å². The summed E-state index contributed by atoms with van der Waals surface area (Å²) in [5.41, 5.74) is 11.5. The van der Waals surface area contributed by atoms with Gasteiger partial charge in [0.05, 0.1) is 16.9 Å². The van der Waals surface area contributed by atoms with E-state index >= 15 is 0 Å². The zero-order valence-electron chi connectivity index (χ0n) is 33.1. The number of aromatic nitrogens is 3. The maximum absolute atomic E-state index is 5.47. The van der Waals surface area contributed by atoms with Gasteiger partial charge in [-0.2, -0.15) is 0 Å². The number of imidazole rings is 1. The third-order valence-corrected chi connectivity index (χ3v) is 10.9. The van der Waals surface area contributed by atoms with Gasteiger partial charge in [0.1, 0.15) is 0 Å². The molecule has 0 fully saturated rings. The van der Waals surface area contributed by atoms with E-state index in [4.69, 9.17) is 4.98 Å². The Bertz CT molecular complexity index is 2940. The Kier molecular flexibility index (Phi) is 11.2. The van der Waals surface area contributed by atoms with Crippen LogP contribution >= 0.6 is 0 Å². The second-order valence-electron chi connectivity index (χ2n) is 15.2. The van der Waals surface area contributed by atoms with Crippen molar-refractivity contribution >= 4 is 43.4 Å². The molecule has 0 spiro atoms. The summed E-state index contributed by atoms with van der Waals surface area (Å²) in [5.74, 6) is 1.53. The first-order valence-corrected chi connectivity index (χ1v) is 19.8. The van der Waals surface area contributed by atoms with Gasteiger partial charge in [-0.15, -0.1) is 65.0 Å². The number of nitrogens with zero attached hydrogens (tertiary/aromatic N) is 3. The van der Waals surface area contributed by atoms with E-state index in [2.05, 4.69) is 177 Å². The fraction of sp³-hybridized carbons (Fsp3) is 0.111. The predicted molar refractivity (Wildman–Crippen MR) is 240 cm³/mol. The third kappa shape index (κ3) is 7.38. The minimum Gasteiger partial charge on any atom is -0.333 e. The number of benzene rings is 8. The minimum absolute atomic E-state index is 0. The van der Waals surface area contributed by atoms with E-state index < -0.39 is 0 Å². The van der Waals surface area contributed by atoms with Crippen LogP contribution in [0.15, 0.2) is 176 Å². The van der Waals surface area contributed by atoms with E-state index in [1.165, 1.54) is 60.3 Å². The molecule has 0 bridgehead atoms. The second-order valence-corrected chi connectivity index (χ2v) is 15.2. The van der Waals surface area contributed by atoms with Gasteiger partial charge in [0.2, 0.25) is 0 Å². The number of hydrogen-bond acceptors (Lipinski definition) is 2. The van der Waals surface area contributed by atoms with Crippen molar-refractivity contribution in [2.24, 2.45) is 0 Å². The van der Waals surface area contributed by atoms with Gasteiger partial charge in [0.15, 0.2) is 0 Å². The molecule has 58 heavy (non-hydrogen) atoms. The largest absolute Gasteiger partial charge is 0.333 e. The molecule has 0 atom stereocenters. The molecular formula is C54H43IrN3-2. The fourth-order valence-electron chi connectivity index (χ4n) is 7.98. The normalized spacial score (nSPS) is 11.3. The van der Waals surface area contributed by atoms with Crippen molar-refractivity contribution in [3.63, 3.8) is 0 Å². The van der Waals surface area contributed by atoms with Crippen LogP contribution in [-0.4, -0.2) is 14.5 Å². The molecule has 1 radical (unpaired) electrons. The SMILES string of the molecule is CC(C)c1cc(-c2ccccc2)cc(C(C)C)c1-n1c(-c2[c-]cc3c(ccc4ccccc43)c2)nc2c3ccccc3ccc21.[Ir].[c-]1ccccc1-c1ccccn1. The molecule has 10 aromatic rings. The van der Waals surface area contributed by atoms with Crippen LogP contribution in [0.1, 0.15) is 50.7 Å². The molecule has 0 amide bonds. The Morgan fingerprint density at radius 2 is 1.16 bits per heavy atom. The maximum Gasteiger partial charge on any atom is 0.0852 e. The van der Waals surface area contributed by atoms with Gasteiger partial charge in [0.25, 0.3) is 0 Å². The fourth-order valence-corrected chi connectivity index (χ4v) is 7.98. The number of rotatable bonds is 6. The smallest absolute Gasteiger partial charge is 0.0852 e.